The Bertz CT molecular complexity index is 3610. The average Bonchev–Trinajstić information content (AvgIpc) is 3.90. The van der Waals surface area contributed by atoms with E-state index in [-0.39, 0.29) is 0 Å². The van der Waals surface area contributed by atoms with Gasteiger partial charge < -0.3 is 4.42 Å². The second kappa shape index (κ2) is 14.0. The number of hydrogen-bond acceptors (Lipinski definition) is 5. The normalized spacial score (nSPS) is 11.7. The first-order valence-corrected chi connectivity index (χ1v) is 20.9. The molecule has 8 aromatic carbocycles. The Morgan fingerprint density at radius 3 is 1.78 bits per heavy atom. The molecule has 280 valence electrons. The number of para-hydroxylation sites is 1. The monoisotopic (exact) mass is 783 g/mol. The van der Waals surface area contributed by atoms with E-state index in [2.05, 4.69) is 158 Å². The van der Waals surface area contributed by atoms with E-state index in [0.717, 1.165) is 83.3 Å². The molecular formula is C55H33N3OS. The fourth-order valence-corrected chi connectivity index (χ4v) is 9.77. The van der Waals surface area contributed by atoms with Crippen LogP contribution >= 0.6 is 11.3 Å². The second-order valence-electron chi connectivity index (χ2n) is 15.2. The molecule has 5 heteroatoms. The fourth-order valence-electron chi connectivity index (χ4n) is 8.54. The van der Waals surface area contributed by atoms with Gasteiger partial charge in [0.05, 0.1) is 27.3 Å². The molecule has 0 bridgehead atoms. The smallest absolute Gasteiger partial charge is 0.160 e. The van der Waals surface area contributed by atoms with Gasteiger partial charge in [0.2, 0.25) is 0 Å². The van der Waals surface area contributed by atoms with Crippen molar-refractivity contribution in [2.45, 2.75) is 0 Å². The number of furan rings is 1. The van der Waals surface area contributed by atoms with E-state index in [1.165, 1.54) is 31.3 Å². The van der Waals surface area contributed by atoms with Crippen LogP contribution in [0.15, 0.2) is 205 Å². The summed E-state index contributed by atoms with van der Waals surface area (Å²) in [5.41, 5.74) is 14.0. The summed E-state index contributed by atoms with van der Waals surface area (Å²) in [5, 5.41) is 5.77. The summed E-state index contributed by atoms with van der Waals surface area (Å²) in [5.74, 6) is 0.652. The lowest BCUT2D eigenvalue weighted by Crippen LogP contribution is -1.96. The van der Waals surface area contributed by atoms with Gasteiger partial charge in [0, 0.05) is 53.9 Å². The molecule has 12 rings (SSSR count). The molecule has 0 spiro atoms. The average molecular weight is 784 g/mol. The molecular weight excluding hydrogens is 751 g/mol. The molecule has 4 heterocycles. The molecule has 12 aromatic rings. The van der Waals surface area contributed by atoms with Crippen LogP contribution in [-0.4, -0.2) is 15.0 Å². The SMILES string of the molecule is c1ccc(-c2cccc(-c3ccc4c(c3)nc(-c3cccc(-c5nc(-c6ccccc6)cc(-c6ccc7oc8ccccc8c7c6)n5)c3)c3sc5ccccc5c34)c2)cc1. The third-order valence-corrected chi connectivity index (χ3v) is 12.7. The van der Waals surface area contributed by atoms with Crippen molar-refractivity contribution in [3.8, 4) is 67.4 Å². The zero-order valence-electron chi connectivity index (χ0n) is 32.2. The molecule has 0 amide bonds. The highest BCUT2D eigenvalue weighted by Crippen LogP contribution is 2.44. The van der Waals surface area contributed by atoms with Crippen LogP contribution in [0.1, 0.15) is 0 Å². The van der Waals surface area contributed by atoms with Crippen molar-refractivity contribution in [1.29, 1.82) is 0 Å². The summed E-state index contributed by atoms with van der Waals surface area (Å²) < 4.78 is 8.58. The minimum absolute atomic E-state index is 0.652. The minimum atomic E-state index is 0.652. The van der Waals surface area contributed by atoms with Gasteiger partial charge in [-0.1, -0.05) is 146 Å². The second-order valence-corrected chi connectivity index (χ2v) is 16.2. The van der Waals surface area contributed by atoms with Crippen molar-refractivity contribution in [2.75, 3.05) is 0 Å². The molecule has 0 unspecified atom stereocenters. The number of benzene rings is 8. The van der Waals surface area contributed by atoms with E-state index < -0.39 is 0 Å². The van der Waals surface area contributed by atoms with Crippen LogP contribution in [0.5, 0.6) is 0 Å². The Morgan fingerprint density at radius 2 is 0.950 bits per heavy atom. The highest BCUT2D eigenvalue weighted by atomic mass is 32.1. The quantitative estimate of drug-likeness (QED) is 0.169. The molecule has 4 aromatic heterocycles. The lowest BCUT2D eigenvalue weighted by atomic mass is 9.96. The van der Waals surface area contributed by atoms with Gasteiger partial charge in [-0.25, -0.2) is 15.0 Å². The zero-order chi connectivity index (χ0) is 39.6. The summed E-state index contributed by atoms with van der Waals surface area (Å²) in [4.78, 5) is 16.0. The Labute approximate surface area is 349 Å². The predicted octanol–water partition coefficient (Wildman–Crippen LogP) is 15.3. The molecule has 4 nitrogen and oxygen atoms in total. The third-order valence-electron chi connectivity index (χ3n) is 11.5. The van der Waals surface area contributed by atoms with Gasteiger partial charge in [-0.05, 0) is 76.9 Å². The van der Waals surface area contributed by atoms with E-state index in [9.17, 15) is 0 Å². The van der Waals surface area contributed by atoms with Crippen LogP contribution in [-0.2, 0) is 0 Å². The summed E-state index contributed by atoms with van der Waals surface area (Å²) in [6.07, 6.45) is 0. The Hall–Kier alpha value is -7.73. The van der Waals surface area contributed by atoms with Crippen LogP contribution in [0.4, 0.5) is 0 Å². The molecule has 0 aliphatic carbocycles. The molecule has 0 aliphatic heterocycles. The standard InChI is InChI=1S/C55H33N3OS/c1-3-13-34(14-4-1)36-17-11-18-37(29-36)38-25-27-43-48(32-38)56-53(54-52(43)44-22-8-10-24-51(44)60-54)40-19-12-20-41(30-40)55-57-46(35-15-5-2-6-16-35)33-47(58-55)39-26-28-50-45(31-39)42-21-7-9-23-49(42)59-50/h1-33H. The van der Waals surface area contributed by atoms with Crippen molar-refractivity contribution in [3.63, 3.8) is 0 Å². The van der Waals surface area contributed by atoms with E-state index in [1.807, 2.05) is 42.5 Å². The number of pyridine rings is 1. The number of nitrogens with zero attached hydrogens (tertiary/aromatic N) is 3. The molecule has 0 aliphatic rings. The van der Waals surface area contributed by atoms with Gasteiger partial charge in [-0.2, -0.15) is 0 Å². The molecule has 0 N–H and O–H groups in total. The molecule has 0 radical (unpaired) electrons. The van der Waals surface area contributed by atoms with E-state index in [1.54, 1.807) is 11.3 Å². The van der Waals surface area contributed by atoms with Crippen LogP contribution in [0.3, 0.4) is 0 Å². The summed E-state index contributed by atoms with van der Waals surface area (Å²) in [6.45, 7) is 0. The Morgan fingerprint density at radius 1 is 0.350 bits per heavy atom. The largest absolute Gasteiger partial charge is 0.456 e. The van der Waals surface area contributed by atoms with E-state index in [4.69, 9.17) is 19.4 Å². The first-order valence-electron chi connectivity index (χ1n) is 20.1. The van der Waals surface area contributed by atoms with Gasteiger partial charge in [0.15, 0.2) is 5.82 Å². The number of thiophene rings is 1. The molecule has 0 saturated heterocycles. The lowest BCUT2D eigenvalue weighted by Gasteiger charge is -2.12. The summed E-state index contributed by atoms with van der Waals surface area (Å²) >= 11 is 1.80. The number of hydrogen-bond donors (Lipinski definition) is 0. The number of fused-ring (bicyclic) bond motifs is 8. The molecule has 0 atom stereocenters. The minimum Gasteiger partial charge on any atom is -0.456 e. The van der Waals surface area contributed by atoms with Crippen molar-refractivity contribution < 1.29 is 4.42 Å². The van der Waals surface area contributed by atoms with Crippen LogP contribution in [0.25, 0.3) is 120 Å². The first kappa shape index (κ1) is 34.3. The maximum Gasteiger partial charge on any atom is 0.160 e. The van der Waals surface area contributed by atoms with Crippen molar-refractivity contribution in [1.82, 2.24) is 15.0 Å². The third kappa shape index (κ3) is 5.86. The van der Waals surface area contributed by atoms with Crippen LogP contribution in [0, 0.1) is 0 Å². The van der Waals surface area contributed by atoms with Gasteiger partial charge in [0.1, 0.15) is 11.2 Å². The highest BCUT2D eigenvalue weighted by Gasteiger charge is 2.19. The van der Waals surface area contributed by atoms with E-state index >= 15 is 0 Å². The van der Waals surface area contributed by atoms with E-state index in [0.29, 0.717) is 5.82 Å². The summed E-state index contributed by atoms with van der Waals surface area (Å²) in [7, 11) is 0. The van der Waals surface area contributed by atoms with Gasteiger partial charge in [0.25, 0.3) is 0 Å². The number of aromatic nitrogens is 3. The fraction of sp³-hybridized carbons (Fsp3) is 0. The summed E-state index contributed by atoms with van der Waals surface area (Å²) in [6, 6.07) is 70.2. The van der Waals surface area contributed by atoms with Crippen molar-refractivity contribution >= 4 is 64.4 Å². The Balaban J connectivity index is 1.03. The van der Waals surface area contributed by atoms with Gasteiger partial charge in [-0.3, -0.25) is 0 Å². The zero-order valence-corrected chi connectivity index (χ0v) is 33.0. The highest BCUT2D eigenvalue weighted by molar-refractivity contribution is 7.26. The molecule has 0 fully saturated rings. The first-order chi connectivity index (χ1) is 29.7. The number of rotatable bonds is 6. The van der Waals surface area contributed by atoms with Gasteiger partial charge >= 0.3 is 0 Å². The predicted molar refractivity (Wildman–Crippen MR) is 250 cm³/mol. The Kier molecular flexibility index (Phi) is 8.00. The maximum absolute atomic E-state index is 6.17. The van der Waals surface area contributed by atoms with Crippen LogP contribution in [0.2, 0.25) is 0 Å². The lowest BCUT2D eigenvalue weighted by molar-refractivity contribution is 0.669. The van der Waals surface area contributed by atoms with Crippen molar-refractivity contribution in [2.24, 2.45) is 0 Å². The van der Waals surface area contributed by atoms with Gasteiger partial charge in [-0.15, -0.1) is 11.3 Å². The molecule has 0 saturated carbocycles. The topological polar surface area (TPSA) is 51.8 Å². The van der Waals surface area contributed by atoms with Crippen LogP contribution < -0.4 is 0 Å². The molecule has 60 heavy (non-hydrogen) atoms. The maximum atomic E-state index is 6.17. The van der Waals surface area contributed by atoms with Crippen molar-refractivity contribution in [3.05, 3.63) is 200 Å².